The Labute approximate surface area is 167 Å². The Kier molecular flexibility index (Phi) is 4.16. The lowest BCUT2D eigenvalue weighted by atomic mass is 9.61. The number of hydrogen-bond acceptors (Lipinski definition) is 6. The molecule has 4 rings (SSSR count). The number of carbonyl (C=O) groups is 3. The Balaban J connectivity index is 1.90. The molecule has 0 saturated heterocycles. The molecule has 0 spiro atoms. The van der Waals surface area contributed by atoms with Gasteiger partial charge in [0.1, 0.15) is 17.3 Å². The predicted molar refractivity (Wildman–Crippen MR) is 104 cm³/mol. The molecule has 3 unspecified atom stereocenters. The summed E-state index contributed by atoms with van der Waals surface area (Å²) in [7, 11) is 0. The van der Waals surface area contributed by atoms with Crippen molar-refractivity contribution in [2.24, 2.45) is 17.8 Å². The summed E-state index contributed by atoms with van der Waals surface area (Å²) in [5.41, 5.74) is 1.57. The van der Waals surface area contributed by atoms with Gasteiger partial charge in [-0.15, -0.1) is 6.42 Å². The maximum absolute atomic E-state index is 13.3. The van der Waals surface area contributed by atoms with Crippen LogP contribution in [0.15, 0.2) is 23.0 Å². The molecule has 0 heterocycles. The molecule has 6 heteroatoms. The van der Waals surface area contributed by atoms with Gasteiger partial charge in [0.05, 0.1) is 17.1 Å². The number of benzene rings is 1. The van der Waals surface area contributed by atoms with E-state index >= 15 is 0 Å². The Morgan fingerprint density at radius 3 is 2.52 bits per heavy atom. The summed E-state index contributed by atoms with van der Waals surface area (Å²) < 4.78 is 0. The number of aliphatic hydroxyl groups is 2. The number of aromatic hydroxyl groups is 1. The van der Waals surface area contributed by atoms with E-state index in [9.17, 15) is 29.7 Å². The molecule has 3 aliphatic rings. The quantitative estimate of drug-likeness (QED) is 0.500. The van der Waals surface area contributed by atoms with Gasteiger partial charge in [-0.1, -0.05) is 5.92 Å². The van der Waals surface area contributed by atoms with Gasteiger partial charge in [0, 0.05) is 23.1 Å². The molecule has 0 radical (unpaired) electrons. The normalized spacial score (nSPS) is 25.9. The highest BCUT2D eigenvalue weighted by Crippen LogP contribution is 2.50. The van der Waals surface area contributed by atoms with Crippen LogP contribution in [0.25, 0.3) is 5.76 Å². The lowest BCUT2D eigenvalue weighted by molar-refractivity contribution is -0.127. The first-order valence-corrected chi connectivity index (χ1v) is 9.44. The Morgan fingerprint density at radius 1 is 1.21 bits per heavy atom. The molecule has 0 aliphatic heterocycles. The maximum atomic E-state index is 13.3. The van der Waals surface area contributed by atoms with E-state index in [4.69, 9.17) is 6.42 Å². The number of Topliss-reactive ketones (excluding diaryl/α,β-unsaturated/α-hetero) is 3. The van der Waals surface area contributed by atoms with Crippen molar-refractivity contribution in [1.29, 1.82) is 0 Å². The van der Waals surface area contributed by atoms with E-state index in [0.29, 0.717) is 29.5 Å². The molecule has 1 aromatic carbocycles. The van der Waals surface area contributed by atoms with E-state index in [2.05, 4.69) is 5.92 Å². The van der Waals surface area contributed by atoms with Gasteiger partial charge in [0.2, 0.25) is 0 Å². The number of fused-ring (bicyclic) bond motifs is 3. The average Bonchev–Trinajstić information content (AvgIpc) is 2.63. The van der Waals surface area contributed by atoms with Gasteiger partial charge in [-0.3, -0.25) is 14.4 Å². The van der Waals surface area contributed by atoms with Crippen molar-refractivity contribution < 1.29 is 29.7 Å². The van der Waals surface area contributed by atoms with E-state index in [1.165, 1.54) is 6.92 Å². The first kappa shape index (κ1) is 19.0. The van der Waals surface area contributed by atoms with Crippen molar-refractivity contribution in [2.45, 2.75) is 33.1 Å². The standard InChI is InChI=1S/C23H20O6/c1-4-11-5-12-6-13-7-14-8-15(25)16(10(3)24)21(27)19(14)23(29)18(13)22(28)17(12)20(26)9(11)2/h1,5,13-14,19,26-28H,6-8H2,2-3H3. The van der Waals surface area contributed by atoms with E-state index in [0.717, 1.165) is 0 Å². The number of carbonyl (C=O) groups excluding carboxylic acids is 3. The summed E-state index contributed by atoms with van der Waals surface area (Å²) in [6.45, 7) is 2.81. The van der Waals surface area contributed by atoms with Crippen LogP contribution in [-0.2, 0) is 20.8 Å². The zero-order chi connectivity index (χ0) is 21.2. The lowest BCUT2D eigenvalue weighted by Crippen LogP contribution is -2.43. The fraction of sp³-hybridized carbons (Fsp3) is 0.348. The Morgan fingerprint density at radius 2 is 1.90 bits per heavy atom. The zero-order valence-corrected chi connectivity index (χ0v) is 16.1. The topological polar surface area (TPSA) is 112 Å². The van der Waals surface area contributed by atoms with Gasteiger partial charge in [-0.05, 0) is 50.2 Å². The van der Waals surface area contributed by atoms with Crippen molar-refractivity contribution >= 4 is 23.1 Å². The summed E-state index contributed by atoms with van der Waals surface area (Å²) in [6.07, 6.45) is 6.29. The molecule has 1 aromatic rings. The van der Waals surface area contributed by atoms with E-state index in [-0.39, 0.29) is 40.6 Å². The Hall–Kier alpha value is -3.33. The van der Waals surface area contributed by atoms with Crippen LogP contribution in [0, 0.1) is 37.0 Å². The van der Waals surface area contributed by atoms with Gasteiger partial charge in [-0.2, -0.15) is 0 Å². The van der Waals surface area contributed by atoms with E-state index < -0.39 is 34.9 Å². The molecule has 0 bridgehead atoms. The van der Waals surface area contributed by atoms with Crippen molar-refractivity contribution in [2.75, 3.05) is 0 Å². The molecular formula is C23H20O6. The summed E-state index contributed by atoms with van der Waals surface area (Å²) in [4.78, 5) is 37.4. The van der Waals surface area contributed by atoms with Crippen molar-refractivity contribution in [1.82, 2.24) is 0 Å². The van der Waals surface area contributed by atoms with Crippen LogP contribution in [0.4, 0.5) is 0 Å². The third-order valence-electron chi connectivity index (χ3n) is 6.39. The molecule has 0 aromatic heterocycles. The second-order valence-electron chi connectivity index (χ2n) is 8.02. The number of ketones is 3. The molecule has 148 valence electrons. The fourth-order valence-corrected chi connectivity index (χ4v) is 5.06. The van der Waals surface area contributed by atoms with Crippen molar-refractivity contribution in [3.63, 3.8) is 0 Å². The monoisotopic (exact) mass is 392 g/mol. The SMILES string of the molecule is C#Cc1cc2c(c(O)c1C)C(O)=C1C(=O)C3C(O)=C(C(C)=O)C(=O)CC3CC1C2. The van der Waals surface area contributed by atoms with Gasteiger partial charge in [0.15, 0.2) is 17.3 Å². The van der Waals surface area contributed by atoms with Gasteiger partial charge < -0.3 is 15.3 Å². The number of rotatable bonds is 1. The molecule has 1 saturated carbocycles. The Bertz CT molecular complexity index is 1110. The van der Waals surface area contributed by atoms with Crippen LogP contribution in [-0.4, -0.2) is 32.7 Å². The van der Waals surface area contributed by atoms with Crippen LogP contribution in [0.3, 0.4) is 0 Å². The summed E-state index contributed by atoms with van der Waals surface area (Å²) in [5.74, 6) is -1.85. The number of hydrogen-bond donors (Lipinski definition) is 3. The molecular weight excluding hydrogens is 372 g/mol. The number of phenols is 1. The fourth-order valence-electron chi connectivity index (χ4n) is 5.06. The number of phenolic OH excluding ortho intramolecular Hbond substituents is 1. The third-order valence-corrected chi connectivity index (χ3v) is 6.39. The highest BCUT2D eigenvalue weighted by Gasteiger charge is 2.50. The molecule has 0 amide bonds. The number of aliphatic hydroxyl groups excluding tert-OH is 2. The lowest BCUT2D eigenvalue weighted by Gasteiger charge is -2.41. The van der Waals surface area contributed by atoms with Crippen LogP contribution in [0.2, 0.25) is 0 Å². The van der Waals surface area contributed by atoms with Crippen LogP contribution in [0.1, 0.15) is 42.0 Å². The molecule has 29 heavy (non-hydrogen) atoms. The highest BCUT2D eigenvalue weighted by atomic mass is 16.3. The predicted octanol–water partition coefficient (Wildman–Crippen LogP) is 2.70. The number of allylic oxidation sites excluding steroid dienone is 3. The molecule has 3 atom stereocenters. The van der Waals surface area contributed by atoms with E-state index in [1.807, 2.05) is 0 Å². The zero-order valence-electron chi connectivity index (χ0n) is 16.1. The molecule has 6 nitrogen and oxygen atoms in total. The van der Waals surface area contributed by atoms with Crippen LogP contribution < -0.4 is 0 Å². The first-order chi connectivity index (χ1) is 13.7. The highest BCUT2D eigenvalue weighted by molar-refractivity contribution is 6.21. The number of terminal acetylenes is 1. The van der Waals surface area contributed by atoms with Crippen LogP contribution >= 0.6 is 0 Å². The minimum atomic E-state index is -1.03. The molecule has 1 fully saturated rings. The van der Waals surface area contributed by atoms with Crippen molar-refractivity contribution in [3.05, 3.63) is 45.2 Å². The second kappa shape index (κ2) is 6.35. The molecule has 3 aliphatic carbocycles. The molecule has 3 N–H and O–H groups in total. The largest absolute Gasteiger partial charge is 0.511 e. The minimum Gasteiger partial charge on any atom is -0.511 e. The second-order valence-corrected chi connectivity index (χ2v) is 8.02. The van der Waals surface area contributed by atoms with E-state index in [1.54, 1.807) is 13.0 Å². The van der Waals surface area contributed by atoms with Gasteiger partial charge in [0.25, 0.3) is 0 Å². The summed E-state index contributed by atoms with van der Waals surface area (Å²) in [6, 6.07) is 1.73. The summed E-state index contributed by atoms with van der Waals surface area (Å²) in [5, 5.41) is 32.1. The van der Waals surface area contributed by atoms with Gasteiger partial charge >= 0.3 is 0 Å². The third kappa shape index (κ3) is 2.54. The smallest absolute Gasteiger partial charge is 0.173 e. The summed E-state index contributed by atoms with van der Waals surface area (Å²) >= 11 is 0. The maximum Gasteiger partial charge on any atom is 0.173 e. The van der Waals surface area contributed by atoms with Crippen molar-refractivity contribution in [3.8, 4) is 18.1 Å². The van der Waals surface area contributed by atoms with Crippen LogP contribution in [0.5, 0.6) is 5.75 Å². The minimum absolute atomic E-state index is 0.00152. The van der Waals surface area contributed by atoms with Gasteiger partial charge in [-0.25, -0.2) is 0 Å². The first-order valence-electron chi connectivity index (χ1n) is 9.44. The average molecular weight is 392 g/mol.